The number of nitro benzene ring substituents is 1. The molecule has 0 aromatic heterocycles. The Balaban J connectivity index is 3.18. The molecule has 0 amide bonds. The van der Waals surface area contributed by atoms with Crippen LogP contribution in [0.1, 0.15) is 26.7 Å². The van der Waals surface area contributed by atoms with Crippen molar-refractivity contribution < 1.29 is 10.0 Å². The molecule has 1 rings (SSSR count). The summed E-state index contributed by atoms with van der Waals surface area (Å²) >= 11 is 12.0. The van der Waals surface area contributed by atoms with E-state index in [1.807, 2.05) is 13.8 Å². The maximum atomic E-state index is 10.7. The van der Waals surface area contributed by atoms with Crippen LogP contribution < -0.4 is 5.32 Å². The highest BCUT2D eigenvalue weighted by atomic mass is 35.5. The zero-order valence-electron chi connectivity index (χ0n) is 10.7. The minimum atomic E-state index is -0.555. The highest BCUT2D eigenvalue weighted by Crippen LogP contribution is 2.37. The van der Waals surface area contributed by atoms with Crippen molar-refractivity contribution in [2.45, 2.75) is 32.2 Å². The molecule has 0 atom stereocenters. The Kier molecular flexibility index (Phi) is 5.40. The number of rotatable bonds is 6. The van der Waals surface area contributed by atoms with Gasteiger partial charge in [0.15, 0.2) is 0 Å². The molecule has 0 unspecified atom stereocenters. The smallest absolute Gasteiger partial charge is 0.272 e. The van der Waals surface area contributed by atoms with Crippen LogP contribution in [0.15, 0.2) is 12.1 Å². The van der Waals surface area contributed by atoms with Gasteiger partial charge in [0.05, 0.1) is 32.8 Å². The molecule has 0 heterocycles. The lowest BCUT2D eigenvalue weighted by Crippen LogP contribution is -2.41. The van der Waals surface area contributed by atoms with Crippen LogP contribution in [0.3, 0.4) is 0 Å². The molecule has 19 heavy (non-hydrogen) atoms. The molecular weight excluding hydrogens is 291 g/mol. The molecule has 0 bridgehead atoms. The van der Waals surface area contributed by atoms with Crippen molar-refractivity contribution in [1.29, 1.82) is 0 Å². The summed E-state index contributed by atoms with van der Waals surface area (Å²) in [5.41, 5.74) is -0.293. The standard InChI is InChI=1S/C12H16Cl2N2O3/c1-3-12(4-2,7-17)15-11-9(13)5-8(16(18)19)6-10(11)14/h5-6,15,17H,3-4,7H2,1-2H3. The maximum absolute atomic E-state index is 10.7. The van der Waals surface area contributed by atoms with Gasteiger partial charge in [-0.25, -0.2) is 0 Å². The Hall–Kier alpha value is -1.04. The van der Waals surface area contributed by atoms with Crippen LogP contribution in [-0.2, 0) is 0 Å². The third-order valence-electron chi connectivity index (χ3n) is 3.28. The summed E-state index contributed by atoms with van der Waals surface area (Å²) in [4.78, 5) is 10.1. The lowest BCUT2D eigenvalue weighted by atomic mass is 9.93. The van der Waals surface area contributed by atoms with Crippen LogP contribution in [0.4, 0.5) is 11.4 Å². The van der Waals surface area contributed by atoms with E-state index in [4.69, 9.17) is 23.2 Å². The van der Waals surface area contributed by atoms with Crippen molar-refractivity contribution in [3.63, 3.8) is 0 Å². The van der Waals surface area contributed by atoms with E-state index >= 15 is 0 Å². The first-order valence-electron chi connectivity index (χ1n) is 5.91. The highest BCUT2D eigenvalue weighted by Gasteiger charge is 2.27. The third kappa shape index (κ3) is 3.49. The van der Waals surface area contributed by atoms with E-state index in [1.165, 1.54) is 12.1 Å². The van der Waals surface area contributed by atoms with Gasteiger partial charge in [-0.05, 0) is 12.8 Å². The first-order valence-corrected chi connectivity index (χ1v) is 6.67. The SMILES string of the molecule is CCC(CC)(CO)Nc1c(Cl)cc([N+](=O)[O-])cc1Cl. The number of nitro groups is 1. The number of non-ortho nitro benzene ring substituents is 1. The van der Waals surface area contributed by atoms with Crippen LogP contribution in [-0.4, -0.2) is 22.2 Å². The predicted octanol–water partition coefficient (Wildman–Crippen LogP) is 3.86. The average Bonchev–Trinajstić information content (AvgIpc) is 2.39. The molecule has 0 aliphatic heterocycles. The van der Waals surface area contributed by atoms with E-state index in [0.29, 0.717) is 18.5 Å². The largest absolute Gasteiger partial charge is 0.394 e. The number of aliphatic hydroxyl groups excluding tert-OH is 1. The number of aliphatic hydroxyl groups is 1. The minimum Gasteiger partial charge on any atom is -0.394 e. The summed E-state index contributed by atoms with van der Waals surface area (Å²) in [7, 11) is 0. The first-order chi connectivity index (χ1) is 8.89. The van der Waals surface area contributed by atoms with E-state index in [2.05, 4.69) is 5.32 Å². The van der Waals surface area contributed by atoms with E-state index in [-0.39, 0.29) is 22.3 Å². The van der Waals surface area contributed by atoms with Gasteiger partial charge in [-0.2, -0.15) is 0 Å². The molecule has 1 aromatic rings. The fourth-order valence-corrected chi connectivity index (χ4v) is 2.31. The normalized spacial score (nSPS) is 11.4. The summed E-state index contributed by atoms with van der Waals surface area (Å²) in [5, 5.41) is 23.6. The van der Waals surface area contributed by atoms with Crippen molar-refractivity contribution in [1.82, 2.24) is 0 Å². The number of nitrogens with zero attached hydrogens (tertiary/aromatic N) is 1. The second kappa shape index (κ2) is 6.41. The Morgan fingerprint density at radius 3 is 2.11 bits per heavy atom. The number of halogens is 2. The van der Waals surface area contributed by atoms with Gasteiger partial charge in [0.2, 0.25) is 0 Å². The molecule has 5 nitrogen and oxygen atoms in total. The summed E-state index contributed by atoms with van der Waals surface area (Å²) < 4.78 is 0. The highest BCUT2D eigenvalue weighted by molar-refractivity contribution is 6.39. The van der Waals surface area contributed by atoms with E-state index < -0.39 is 10.5 Å². The van der Waals surface area contributed by atoms with Gasteiger partial charge in [-0.1, -0.05) is 37.0 Å². The second-order valence-corrected chi connectivity index (χ2v) is 5.13. The zero-order valence-corrected chi connectivity index (χ0v) is 12.3. The minimum absolute atomic E-state index is 0.0797. The molecule has 106 valence electrons. The third-order valence-corrected chi connectivity index (χ3v) is 3.88. The fourth-order valence-electron chi connectivity index (χ4n) is 1.74. The van der Waals surface area contributed by atoms with Gasteiger partial charge in [0.1, 0.15) is 0 Å². The van der Waals surface area contributed by atoms with Crippen molar-refractivity contribution in [3.05, 3.63) is 32.3 Å². The van der Waals surface area contributed by atoms with Crippen molar-refractivity contribution >= 4 is 34.6 Å². The molecular formula is C12H16Cl2N2O3. The molecule has 0 aliphatic carbocycles. The number of nitrogens with one attached hydrogen (secondary N) is 1. The summed E-state index contributed by atoms with van der Waals surface area (Å²) in [6.07, 6.45) is 1.34. The number of anilines is 1. The van der Waals surface area contributed by atoms with Crippen LogP contribution in [0.5, 0.6) is 0 Å². The lowest BCUT2D eigenvalue weighted by molar-refractivity contribution is -0.384. The number of hydrogen-bond donors (Lipinski definition) is 2. The monoisotopic (exact) mass is 306 g/mol. The van der Waals surface area contributed by atoms with Crippen LogP contribution in [0.25, 0.3) is 0 Å². The molecule has 7 heteroatoms. The lowest BCUT2D eigenvalue weighted by Gasteiger charge is -2.32. The van der Waals surface area contributed by atoms with Gasteiger partial charge in [0.25, 0.3) is 5.69 Å². The Morgan fingerprint density at radius 2 is 1.79 bits per heavy atom. The molecule has 0 radical (unpaired) electrons. The van der Waals surface area contributed by atoms with Crippen LogP contribution in [0.2, 0.25) is 10.0 Å². The second-order valence-electron chi connectivity index (χ2n) is 4.31. The number of benzene rings is 1. The van der Waals surface area contributed by atoms with Gasteiger partial charge in [-0.15, -0.1) is 0 Å². The first kappa shape index (κ1) is 16.0. The van der Waals surface area contributed by atoms with Crippen molar-refractivity contribution in [3.8, 4) is 0 Å². The summed E-state index contributed by atoms with van der Waals surface area (Å²) in [6.45, 7) is 3.78. The van der Waals surface area contributed by atoms with E-state index in [9.17, 15) is 15.2 Å². The van der Waals surface area contributed by atoms with Crippen LogP contribution in [0, 0.1) is 10.1 Å². The Labute approximate surface area is 121 Å². The summed E-state index contributed by atoms with van der Waals surface area (Å²) in [6, 6.07) is 2.48. The van der Waals surface area contributed by atoms with Gasteiger partial charge >= 0.3 is 0 Å². The van der Waals surface area contributed by atoms with Crippen molar-refractivity contribution in [2.75, 3.05) is 11.9 Å². The van der Waals surface area contributed by atoms with Crippen LogP contribution >= 0.6 is 23.2 Å². The maximum Gasteiger partial charge on any atom is 0.272 e. The summed E-state index contributed by atoms with van der Waals surface area (Å²) in [5.74, 6) is 0. The quantitative estimate of drug-likeness (QED) is 0.618. The van der Waals surface area contributed by atoms with Crippen molar-refractivity contribution in [2.24, 2.45) is 0 Å². The molecule has 0 spiro atoms. The topological polar surface area (TPSA) is 75.4 Å². The molecule has 0 fully saturated rings. The molecule has 2 N–H and O–H groups in total. The van der Waals surface area contributed by atoms with Gasteiger partial charge in [-0.3, -0.25) is 10.1 Å². The van der Waals surface area contributed by atoms with Gasteiger partial charge < -0.3 is 10.4 Å². The fraction of sp³-hybridized carbons (Fsp3) is 0.500. The average molecular weight is 307 g/mol. The predicted molar refractivity (Wildman–Crippen MR) is 77.1 cm³/mol. The molecule has 0 aliphatic rings. The zero-order chi connectivity index (χ0) is 14.6. The van der Waals surface area contributed by atoms with Gasteiger partial charge in [0, 0.05) is 12.1 Å². The Bertz CT molecular complexity index is 445. The molecule has 1 aromatic carbocycles. The number of hydrogen-bond acceptors (Lipinski definition) is 4. The van der Waals surface area contributed by atoms with E-state index in [1.54, 1.807) is 0 Å². The molecule has 0 saturated carbocycles. The Morgan fingerprint density at radius 1 is 1.32 bits per heavy atom. The molecule has 0 saturated heterocycles. The van der Waals surface area contributed by atoms with E-state index in [0.717, 1.165) is 0 Å².